The van der Waals surface area contributed by atoms with Gasteiger partial charge in [-0.25, -0.2) is 0 Å². The summed E-state index contributed by atoms with van der Waals surface area (Å²) in [7, 11) is 0. The molecule has 1 aromatic rings. The fourth-order valence-electron chi connectivity index (χ4n) is 4.47. The molecule has 0 aromatic heterocycles. The van der Waals surface area contributed by atoms with Crippen molar-refractivity contribution in [1.82, 2.24) is 4.90 Å². The molecule has 0 spiro atoms. The number of aliphatic carboxylic acids is 1. The van der Waals surface area contributed by atoms with Gasteiger partial charge in [-0.3, -0.25) is 19.3 Å². The molecule has 0 saturated carbocycles. The maximum absolute atomic E-state index is 13.0. The number of hydrogen-bond acceptors (Lipinski definition) is 4. The van der Waals surface area contributed by atoms with Gasteiger partial charge in [0.25, 0.3) is 5.91 Å². The molecule has 1 atom stereocenters. The molecule has 144 valence electrons. The van der Waals surface area contributed by atoms with Crippen molar-refractivity contribution in [2.24, 2.45) is 0 Å². The number of piperidine rings is 2. The molecule has 4 rings (SSSR count). The molecule has 1 N–H and O–H groups in total. The monoisotopic (exact) mass is 371 g/mol. The number of rotatable bonds is 3. The van der Waals surface area contributed by atoms with Gasteiger partial charge in [-0.2, -0.15) is 0 Å². The van der Waals surface area contributed by atoms with Crippen LogP contribution < -0.4 is 9.80 Å². The molecule has 7 heteroatoms. The maximum Gasteiger partial charge on any atom is 0.323 e. The standard InChI is InChI=1S/C20H25N3O4/c24-18(25)13-23-17-12-14(19(26)21-9-3-1-4-10-21)7-8-15(17)22-11-5-2-6-16(22)20(23)27/h7-8,12,16H,1-6,9-11,13H2,(H,24,25)/t16-/m1/s1. The normalized spacial score (nSPS) is 22.3. The van der Waals surface area contributed by atoms with Crippen LogP contribution in [0.15, 0.2) is 18.2 Å². The van der Waals surface area contributed by atoms with E-state index in [0.717, 1.165) is 63.8 Å². The van der Waals surface area contributed by atoms with E-state index in [1.54, 1.807) is 6.07 Å². The van der Waals surface area contributed by atoms with Crippen molar-refractivity contribution in [2.75, 3.05) is 36.0 Å². The quantitative estimate of drug-likeness (QED) is 0.880. The van der Waals surface area contributed by atoms with Crippen LogP contribution in [0, 0.1) is 0 Å². The Morgan fingerprint density at radius 3 is 2.48 bits per heavy atom. The molecule has 2 amide bonds. The molecule has 7 nitrogen and oxygen atoms in total. The van der Waals surface area contributed by atoms with Crippen molar-refractivity contribution < 1.29 is 19.5 Å². The zero-order chi connectivity index (χ0) is 19.0. The van der Waals surface area contributed by atoms with Crippen LogP contribution in [0.4, 0.5) is 11.4 Å². The van der Waals surface area contributed by atoms with E-state index in [0.29, 0.717) is 11.3 Å². The first-order chi connectivity index (χ1) is 13.1. The highest BCUT2D eigenvalue weighted by atomic mass is 16.4. The molecule has 3 aliphatic heterocycles. The van der Waals surface area contributed by atoms with E-state index in [2.05, 4.69) is 4.90 Å². The van der Waals surface area contributed by atoms with Gasteiger partial charge in [0.1, 0.15) is 12.6 Å². The lowest BCUT2D eigenvalue weighted by atomic mass is 9.95. The van der Waals surface area contributed by atoms with Crippen molar-refractivity contribution in [3.8, 4) is 0 Å². The summed E-state index contributed by atoms with van der Waals surface area (Å²) in [5.41, 5.74) is 1.92. The van der Waals surface area contributed by atoms with E-state index < -0.39 is 5.97 Å². The third-order valence-corrected chi connectivity index (χ3v) is 5.81. The predicted octanol–water partition coefficient (Wildman–Crippen LogP) is 2.10. The number of amides is 2. The zero-order valence-electron chi connectivity index (χ0n) is 15.4. The van der Waals surface area contributed by atoms with Crippen LogP contribution in [0.3, 0.4) is 0 Å². The Morgan fingerprint density at radius 2 is 1.74 bits per heavy atom. The van der Waals surface area contributed by atoms with Gasteiger partial charge in [0, 0.05) is 25.2 Å². The number of likely N-dealkylation sites (tertiary alicyclic amines) is 1. The van der Waals surface area contributed by atoms with Crippen LogP contribution in [0.2, 0.25) is 0 Å². The van der Waals surface area contributed by atoms with Crippen LogP contribution >= 0.6 is 0 Å². The van der Waals surface area contributed by atoms with Crippen molar-refractivity contribution in [3.05, 3.63) is 23.8 Å². The second-order valence-corrected chi connectivity index (χ2v) is 7.58. The van der Waals surface area contributed by atoms with Gasteiger partial charge in [0.05, 0.1) is 11.4 Å². The van der Waals surface area contributed by atoms with E-state index in [4.69, 9.17) is 0 Å². The lowest BCUT2D eigenvalue weighted by molar-refractivity contribution is -0.137. The minimum atomic E-state index is -1.05. The number of nitrogens with zero attached hydrogens (tertiary/aromatic N) is 3. The molecule has 3 aliphatic rings. The number of carbonyl (C=O) groups excluding carboxylic acids is 2. The third-order valence-electron chi connectivity index (χ3n) is 5.81. The summed E-state index contributed by atoms with van der Waals surface area (Å²) in [4.78, 5) is 42.5. The smallest absolute Gasteiger partial charge is 0.323 e. The number of anilines is 2. The number of fused-ring (bicyclic) bond motifs is 3. The lowest BCUT2D eigenvalue weighted by Crippen LogP contribution is -2.56. The predicted molar refractivity (Wildman–Crippen MR) is 101 cm³/mol. The fourth-order valence-corrected chi connectivity index (χ4v) is 4.47. The average molecular weight is 371 g/mol. The van der Waals surface area contributed by atoms with Crippen molar-refractivity contribution in [1.29, 1.82) is 0 Å². The Kier molecular flexibility index (Phi) is 4.76. The summed E-state index contributed by atoms with van der Waals surface area (Å²) < 4.78 is 0. The van der Waals surface area contributed by atoms with E-state index >= 15 is 0 Å². The molecule has 3 heterocycles. The highest BCUT2D eigenvalue weighted by molar-refractivity contribution is 6.09. The summed E-state index contributed by atoms with van der Waals surface area (Å²) >= 11 is 0. The van der Waals surface area contributed by atoms with Gasteiger partial charge in [0.2, 0.25) is 5.91 Å². The number of carboxylic acids is 1. The molecule has 2 fully saturated rings. The number of benzene rings is 1. The van der Waals surface area contributed by atoms with Gasteiger partial charge in [0.15, 0.2) is 0 Å². The van der Waals surface area contributed by atoms with Crippen LogP contribution in [-0.2, 0) is 9.59 Å². The molecule has 27 heavy (non-hydrogen) atoms. The second-order valence-electron chi connectivity index (χ2n) is 7.58. The SMILES string of the molecule is O=C(O)CN1C(=O)[C@H]2CCCCN2c2ccc(C(=O)N3CCCCC3)cc21. The highest BCUT2D eigenvalue weighted by Crippen LogP contribution is 2.40. The van der Waals surface area contributed by atoms with E-state index in [1.165, 1.54) is 4.90 Å². The summed E-state index contributed by atoms with van der Waals surface area (Å²) in [5, 5.41) is 9.30. The van der Waals surface area contributed by atoms with Crippen LogP contribution in [0.25, 0.3) is 0 Å². The second kappa shape index (κ2) is 7.21. The first kappa shape index (κ1) is 17.8. The molecule has 0 aliphatic carbocycles. The van der Waals surface area contributed by atoms with Gasteiger partial charge in [-0.15, -0.1) is 0 Å². The highest BCUT2D eigenvalue weighted by Gasteiger charge is 2.40. The number of carbonyl (C=O) groups is 3. The summed E-state index contributed by atoms with van der Waals surface area (Å²) in [5.74, 6) is -1.26. The van der Waals surface area contributed by atoms with E-state index in [1.807, 2.05) is 17.0 Å². The minimum absolute atomic E-state index is 0.0407. The molecule has 0 unspecified atom stereocenters. The molecule has 0 bridgehead atoms. The average Bonchev–Trinajstić information content (AvgIpc) is 2.70. The Hall–Kier alpha value is -2.57. The van der Waals surface area contributed by atoms with Crippen LogP contribution in [0.5, 0.6) is 0 Å². The molecule has 1 aromatic carbocycles. The third kappa shape index (κ3) is 3.26. The van der Waals surface area contributed by atoms with Crippen molar-refractivity contribution in [2.45, 2.75) is 44.6 Å². The first-order valence-corrected chi connectivity index (χ1v) is 9.79. The van der Waals surface area contributed by atoms with Crippen LogP contribution in [0.1, 0.15) is 48.9 Å². The van der Waals surface area contributed by atoms with Gasteiger partial charge < -0.3 is 14.9 Å². The first-order valence-electron chi connectivity index (χ1n) is 9.79. The maximum atomic E-state index is 13.0. The minimum Gasteiger partial charge on any atom is -0.480 e. The topological polar surface area (TPSA) is 81.2 Å². The molecular formula is C20H25N3O4. The molecule has 0 radical (unpaired) electrons. The van der Waals surface area contributed by atoms with Crippen molar-refractivity contribution >= 4 is 29.2 Å². The zero-order valence-corrected chi connectivity index (χ0v) is 15.4. The van der Waals surface area contributed by atoms with Crippen LogP contribution in [-0.4, -0.2) is 60.0 Å². The van der Waals surface area contributed by atoms with Gasteiger partial charge in [-0.05, 0) is 56.7 Å². The lowest BCUT2D eigenvalue weighted by Gasteiger charge is -2.45. The molecular weight excluding hydrogens is 346 g/mol. The Balaban J connectivity index is 1.71. The van der Waals surface area contributed by atoms with Crippen molar-refractivity contribution in [3.63, 3.8) is 0 Å². The largest absolute Gasteiger partial charge is 0.480 e. The summed E-state index contributed by atoms with van der Waals surface area (Å²) in [6, 6.07) is 5.11. The van der Waals surface area contributed by atoms with E-state index in [-0.39, 0.29) is 24.4 Å². The number of carboxylic acid groups (broad SMARTS) is 1. The van der Waals surface area contributed by atoms with Gasteiger partial charge >= 0.3 is 5.97 Å². The Labute approximate surface area is 158 Å². The number of hydrogen-bond donors (Lipinski definition) is 1. The summed E-state index contributed by atoms with van der Waals surface area (Å²) in [6.45, 7) is 1.91. The Morgan fingerprint density at radius 1 is 1.00 bits per heavy atom. The fraction of sp³-hybridized carbons (Fsp3) is 0.550. The van der Waals surface area contributed by atoms with E-state index in [9.17, 15) is 19.5 Å². The van der Waals surface area contributed by atoms with Gasteiger partial charge in [-0.1, -0.05) is 0 Å². The summed E-state index contributed by atoms with van der Waals surface area (Å²) in [6.07, 6.45) is 5.88. The Bertz CT molecular complexity index is 772. The molecule has 2 saturated heterocycles.